The number of nitrogens with two attached hydrogens (primary N) is 1. The van der Waals surface area contributed by atoms with Crippen LogP contribution in [-0.2, 0) is 6.42 Å². The Morgan fingerprint density at radius 2 is 1.98 bits per heavy atom. The minimum atomic E-state index is -1.13. The van der Waals surface area contributed by atoms with Gasteiger partial charge < -0.3 is 31.1 Å². The maximum Gasteiger partial charge on any atom is 0.355 e. The summed E-state index contributed by atoms with van der Waals surface area (Å²) in [4.78, 5) is 23.6. The third-order valence-corrected chi connectivity index (χ3v) is 8.80. The van der Waals surface area contributed by atoms with E-state index in [1.54, 1.807) is 19.2 Å². The fourth-order valence-corrected chi connectivity index (χ4v) is 6.44. The molecule has 0 saturated heterocycles. The summed E-state index contributed by atoms with van der Waals surface area (Å²) in [7, 11) is 1.79. The number of aryl methyl sites for hydroxylation is 2. The SMILES string of the molecule is CNCC#Cc1ccc(OCCCc2sc(N(CCCN)c3cc(C)c(Nc4nc5ccccc5s4)nn3)nc2C(=O)O)c(F)c1. The number of para-hydroxylation sites is 1. The van der Waals surface area contributed by atoms with E-state index in [0.29, 0.717) is 71.2 Å². The summed E-state index contributed by atoms with van der Waals surface area (Å²) in [6.07, 6.45) is 1.47. The standard InChI is InChI=1S/C32H33FN8O3S2/c1-20-18-27(39-40-29(20)38-31-36-23-9-3-4-10-25(23)45-31)41(16-7-14-34)32-37-28(30(42)43)26(46-32)11-6-17-44-24-13-12-21(19-22(24)33)8-5-15-35-2/h3-4,9-10,12-13,18-19,35H,6-7,11,14-17,34H2,1-2H3,(H,42,43)(H,36,38,40). The van der Waals surface area contributed by atoms with Crippen LogP contribution in [0.1, 0.15) is 39.3 Å². The molecular weight excluding hydrogens is 628 g/mol. The van der Waals surface area contributed by atoms with Crippen molar-refractivity contribution in [3.8, 4) is 17.6 Å². The van der Waals surface area contributed by atoms with Crippen molar-refractivity contribution in [1.29, 1.82) is 0 Å². The highest BCUT2D eigenvalue weighted by Gasteiger charge is 2.23. The van der Waals surface area contributed by atoms with E-state index in [2.05, 4.69) is 42.6 Å². The van der Waals surface area contributed by atoms with Crippen molar-refractivity contribution < 1.29 is 19.0 Å². The van der Waals surface area contributed by atoms with E-state index < -0.39 is 11.8 Å². The highest BCUT2D eigenvalue weighted by molar-refractivity contribution is 7.22. The lowest BCUT2D eigenvalue weighted by Crippen LogP contribution is -2.22. The molecule has 3 aromatic heterocycles. The zero-order valence-corrected chi connectivity index (χ0v) is 27.0. The molecule has 0 aliphatic carbocycles. The van der Waals surface area contributed by atoms with Crippen molar-refractivity contribution >= 4 is 60.8 Å². The number of nitrogens with zero attached hydrogens (tertiary/aromatic N) is 5. The van der Waals surface area contributed by atoms with Gasteiger partial charge in [-0.1, -0.05) is 35.3 Å². The molecule has 0 aliphatic rings. The van der Waals surface area contributed by atoms with Crippen LogP contribution in [0.25, 0.3) is 10.2 Å². The predicted octanol–water partition coefficient (Wildman–Crippen LogP) is 5.50. The van der Waals surface area contributed by atoms with Gasteiger partial charge in [-0.05, 0) is 81.7 Å². The molecule has 0 atom stereocenters. The summed E-state index contributed by atoms with van der Waals surface area (Å²) >= 11 is 2.79. The molecule has 0 saturated carbocycles. The maximum atomic E-state index is 14.5. The van der Waals surface area contributed by atoms with Crippen molar-refractivity contribution in [2.24, 2.45) is 5.73 Å². The van der Waals surface area contributed by atoms with Crippen LogP contribution in [0.4, 0.5) is 26.3 Å². The minimum absolute atomic E-state index is 0.0350. The predicted molar refractivity (Wildman–Crippen MR) is 180 cm³/mol. The molecule has 5 N–H and O–H groups in total. The van der Waals surface area contributed by atoms with Crippen LogP contribution in [0.5, 0.6) is 5.75 Å². The van der Waals surface area contributed by atoms with Crippen molar-refractivity contribution in [2.45, 2.75) is 26.2 Å². The normalized spacial score (nSPS) is 10.9. The topological polar surface area (TPSA) is 151 Å². The molecule has 11 nitrogen and oxygen atoms in total. The quantitative estimate of drug-likeness (QED) is 0.0883. The Bertz CT molecular complexity index is 1850. The number of anilines is 4. The van der Waals surface area contributed by atoms with Crippen LogP contribution < -0.4 is 26.0 Å². The van der Waals surface area contributed by atoms with Gasteiger partial charge in [-0.3, -0.25) is 0 Å². The highest BCUT2D eigenvalue weighted by atomic mass is 32.1. The molecule has 0 unspecified atom stereocenters. The first-order valence-electron chi connectivity index (χ1n) is 14.6. The molecule has 3 heterocycles. The second kappa shape index (κ2) is 15.5. The Kier molecular flexibility index (Phi) is 11.1. The molecule has 2 aromatic carbocycles. The van der Waals surface area contributed by atoms with Crippen LogP contribution in [-0.4, -0.2) is 64.5 Å². The van der Waals surface area contributed by atoms with E-state index in [4.69, 9.17) is 10.5 Å². The van der Waals surface area contributed by atoms with Crippen LogP contribution in [0.2, 0.25) is 0 Å². The van der Waals surface area contributed by atoms with Crippen LogP contribution in [0.15, 0.2) is 48.5 Å². The smallest absolute Gasteiger partial charge is 0.355 e. The first kappa shape index (κ1) is 32.7. The lowest BCUT2D eigenvalue weighted by Gasteiger charge is -2.21. The number of fused-ring (bicyclic) bond motifs is 1. The molecule has 0 aliphatic heterocycles. The summed E-state index contributed by atoms with van der Waals surface area (Å²) in [6.45, 7) is 3.52. The van der Waals surface area contributed by atoms with Crippen LogP contribution >= 0.6 is 22.7 Å². The third kappa shape index (κ3) is 8.12. The van der Waals surface area contributed by atoms with Gasteiger partial charge in [0.05, 0.1) is 23.4 Å². The van der Waals surface area contributed by atoms with E-state index >= 15 is 0 Å². The summed E-state index contributed by atoms with van der Waals surface area (Å²) in [5, 5.41) is 26.1. The summed E-state index contributed by atoms with van der Waals surface area (Å²) in [5.41, 5.74) is 8.08. The van der Waals surface area contributed by atoms with E-state index in [-0.39, 0.29) is 18.1 Å². The van der Waals surface area contributed by atoms with E-state index in [0.717, 1.165) is 15.8 Å². The number of ether oxygens (including phenoxy) is 1. The number of hydrogen-bond donors (Lipinski definition) is 4. The van der Waals surface area contributed by atoms with Gasteiger partial charge in [0.2, 0.25) is 0 Å². The molecular formula is C32H33FN8O3S2. The fourth-order valence-electron chi connectivity index (χ4n) is 4.45. The Morgan fingerprint density at radius 3 is 2.72 bits per heavy atom. The Morgan fingerprint density at radius 1 is 1.13 bits per heavy atom. The molecule has 5 aromatic rings. The molecule has 5 rings (SSSR count). The summed E-state index contributed by atoms with van der Waals surface area (Å²) < 4.78 is 21.2. The van der Waals surface area contributed by atoms with Crippen molar-refractivity contribution in [1.82, 2.24) is 25.5 Å². The van der Waals surface area contributed by atoms with Gasteiger partial charge in [0.25, 0.3) is 0 Å². The van der Waals surface area contributed by atoms with E-state index in [9.17, 15) is 14.3 Å². The monoisotopic (exact) mass is 660 g/mol. The van der Waals surface area contributed by atoms with Gasteiger partial charge >= 0.3 is 5.97 Å². The van der Waals surface area contributed by atoms with Gasteiger partial charge in [0.1, 0.15) is 0 Å². The Balaban J connectivity index is 1.28. The number of halogens is 1. The Hall–Kier alpha value is -4.68. The average Bonchev–Trinajstić information content (AvgIpc) is 3.66. The largest absolute Gasteiger partial charge is 0.491 e. The summed E-state index contributed by atoms with van der Waals surface area (Å²) in [5.74, 6) is 5.35. The number of rotatable bonds is 14. The number of benzene rings is 2. The maximum absolute atomic E-state index is 14.5. The number of thiazole rings is 2. The highest BCUT2D eigenvalue weighted by Crippen LogP contribution is 2.34. The van der Waals surface area contributed by atoms with Gasteiger partial charge in [-0.2, -0.15) is 0 Å². The number of carboxylic acids is 1. The fraction of sp³-hybridized carbons (Fsp3) is 0.281. The van der Waals surface area contributed by atoms with Gasteiger partial charge in [0, 0.05) is 17.0 Å². The number of carbonyl (C=O) groups is 1. The number of carboxylic acid groups (broad SMARTS) is 1. The van der Waals surface area contributed by atoms with E-state index in [1.807, 2.05) is 42.2 Å². The zero-order valence-electron chi connectivity index (χ0n) is 25.3. The third-order valence-electron chi connectivity index (χ3n) is 6.71. The van der Waals surface area contributed by atoms with Crippen molar-refractivity contribution in [3.63, 3.8) is 0 Å². The molecule has 14 heteroatoms. The summed E-state index contributed by atoms with van der Waals surface area (Å²) in [6, 6.07) is 14.3. The number of aromatic carboxylic acids is 1. The van der Waals surface area contributed by atoms with Crippen molar-refractivity contribution in [3.05, 3.63) is 76.0 Å². The lowest BCUT2D eigenvalue weighted by molar-refractivity contribution is 0.0690. The van der Waals surface area contributed by atoms with Gasteiger partial charge in [-0.15, -0.1) is 21.5 Å². The molecule has 0 amide bonds. The number of aromatic nitrogens is 4. The molecule has 0 bridgehead atoms. The average molecular weight is 661 g/mol. The minimum Gasteiger partial charge on any atom is -0.491 e. The molecule has 0 fully saturated rings. The number of hydrogen-bond acceptors (Lipinski definition) is 12. The first-order chi connectivity index (χ1) is 22.4. The Labute approximate surface area is 273 Å². The van der Waals surface area contributed by atoms with Crippen molar-refractivity contribution in [2.75, 3.05) is 43.5 Å². The first-order valence-corrected chi connectivity index (χ1v) is 16.2. The lowest BCUT2D eigenvalue weighted by atomic mass is 10.2. The van der Waals surface area contributed by atoms with Crippen LogP contribution in [0, 0.1) is 24.6 Å². The molecule has 238 valence electrons. The van der Waals surface area contributed by atoms with Gasteiger partial charge in [-0.25, -0.2) is 19.2 Å². The zero-order chi connectivity index (χ0) is 32.5. The van der Waals surface area contributed by atoms with Gasteiger partial charge in [0.15, 0.2) is 39.2 Å². The number of nitrogens with one attached hydrogen (secondary N) is 2. The second-order valence-electron chi connectivity index (χ2n) is 10.1. The molecule has 0 radical (unpaired) electrons. The second-order valence-corrected chi connectivity index (χ2v) is 12.2. The molecule has 46 heavy (non-hydrogen) atoms. The van der Waals surface area contributed by atoms with Crippen LogP contribution in [0.3, 0.4) is 0 Å². The van der Waals surface area contributed by atoms with E-state index in [1.165, 1.54) is 28.7 Å². The molecule has 0 spiro atoms.